The number of ether oxygens (including phenoxy) is 1. The molecule has 3 aliphatic rings. The van der Waals surface area contributed by atoms with Crippen molar-refractivity contribution in [3.05, 3.63) is 41.2 Å². The number of amides is 2. The number of aromatic nitrogens is 1. The summed E-state index contributed by atoms with van der Waals surface area (Å²) < 4.78 is 18.5. The first-order chi connectivity index (χ1) is 13.5. The van der Waals surface area contributed by atoms with E-state index in [1.54, 1.807) is 24.4 Å². The molecule has 0 saturated carbocycles. The molecule has 148 valence electrons. The summed E-state index contributed by atoms with van der Waals surface area (Å²) in [5.74, 6) is -0.746. The van der Waals surface area contributed by atoms with Crippen molar-refractivity contribution in [2.45, 2.75) is 38.3 Å². The largest absolute Gasteiger partial charge is 0.430 e. The molecule has 0 spiro atoms. The van der Waals surface area contributed by atoms with Crippen LogP contribution in [-0.4, -0.2) is 41.2 Å². The molecular weight excluding hydrogens is 381 g/mol. The van der Waals surface area contributed by atoms with Gasteiger partial charge < -0.3 is 4.74 Å². The van der Waals surface area contributed by atoms with Crippen LogP contribution in [0, 0.1) is 11.7 Å². The number of carbonyl (C=O) groups is 2. The van der Waals surface area contributed by atoms with Gasteiger partial charge in [0.1, 0.15) is 10.8 Å². The van der Waals surface area contributed by atoms with Gasteiger partial charge in [0.05, 0.1) is 11.6 Å². The van der Waals surface area contributed by atoms with Crippen LogP contribution in [-0.2, 0) is 9.53 Å². The lowest BCUT2D eigenvalue weighted by Gasteiger charge is -2.44. The fourth-order valence-corrected chi connectivity index (χ4v) is 4.66. The maximum atomic E-state index is 13.1. The Morgan fingerprint density at radius 2 is 2.00 bits per heavy atom. The highest BCUT2D eigenvalue weighted by atomic mass is 32.1. The first-order valence-electron chi connectivity index (χ1n) is 9.46. The molecule has 4 heterocycles. The summed E-state index contributed by atoms with van der Waals surface area (Å²) in [5.41, 5.74) is 1.35. The number of benzene rings is 1. The minimum atomic E-state index is -0.705. The SMILES string of the molecule is CC(C(=O)NC(=O)O[C@H]1CC2CCN1CC2)c1csc(-c2ccc(F)cc2)n1. The molecule has 2 aromatic rings. The monoisotopic (exact) mass is 403 g/mol. The van der Waals surface area contributed by atoms with Crippen LogP contribution in [0.5, 0.6) is 0 Å². The number of carbonyl (C=O) groups excluding carboxylic acids is 2. The minimum Gasteiger partial charge on any atom is -0.430 e. The molecule has 1 unspecified atom stereocenters. The molecule has 0 radical (unpaired) electrons. The summed E-state index contributed by atoms with van der Waals surface area (Å²) in [4.78, 5) is 31.2. The Morgan fingerprint density at radius 1 is 1.29 bits per heavy atom. The van der Waals surface area contributed by atoms with Crippen molar-refractivity contribution in [1.82, 2.24) is 15.2 Å². The van der Waals surface area contributed by atoms with Gasteiger partial charge in [-0.3, -0.25) is 15.0 Å². The van der Waals surface area contributed by atoms with Crippen molar-refractivity contribution in [3.8, 4) is 10.6 Å². The van der Waals surface area contributed by atoms with Gasteiger partial charge in [0.15, 0.2) is 6.23 Å². The van der Waals surface area contributed by atoms with Crippen LogP contribution in [0.3, 0.4) is 0 Å². The summed E-state index contributed by atoms with van der Waals surface area (Å²) >= 11 is 1.37. The third-order valence-corrected chi connectivity index (χ3v) is 6.42. The van der Waals surface area contributed by atoms with Crippen molar-refractivity contribution >= 4 is 23.3 Å². The Morgan fingerprint density at radius 3 is 2.64 bits per heavy atom. The highest BCUT2D eigenvalue weighted by Crippen LogP contribution is 2.32. The van der Waals surface area contributed by atoms with E-state index in [0.717, 1.165) is 37.9 Å². The van der Waals surface area contributed by atoms with E-state index in [-0.39, 0.29) is 12.0 Å². The number of alkyl carbamates (subject to hydrolysis) is 1. The maximum Gasteiger partial charge on any atom is 0.415 e. The number of imide groups is 1. The van der Waals surface area contributed by atoms with Crippen LogP contribution in [0.1, 0.15) is 37.8 Å². The summed E-state index contributed by atoms with van der Waals surface area (Å²) in [6.45, 7) is 3.58. The predicted octanol–water partition coefficient (Wildman–Crippen LogP) is 3.75. The third kappa shape index (κ3) is 4.07. The summed E-state index contributed by atoms with van der Waals surface area (Å²) in [6.07, 6.45) is 2.20. The summed E-state index contributed by atoms with van der Waals surface area (Å²) in [6, 6.07) is 6.04. The van der Waals surface area contributed by atoms with E-state index >= 15 is 0 Å². The van der Waals surface area contributed by atoms with E-state index < -0.39 is 17.9 Å². The number of thiazole rings is 1. The van der Waals surface area contributed by atoms with Crippen molar-refractivity contribution < 1.29 is 18.7 Å². The zero-order valence-corrected chi connectivity index (χ0v) is 16.4. The Bertz CT molecular complexity index is 862. The van der Waals surface area contributed by atoms with Gasteiger partial charge in [0.2, 0.25) is 5.91 Å². The molecule has 3 fully saturated rings. The minimum absolute atomic E-state index is 0.236. The second-order valence-electron chi connectivity index (χ2n) is 7.37. The van der Waals surface area contributed by atoms with Gasteiger partial charge >= 0.3 is 6.09 Å². The van der Waals surface area contributed by atoms with Crippen molar-refractivity contribution in [3.63, 3.8) is 0 Å². The Balaban J connectivity index is 1.34. The summed E-state index contributed by atoms with van der Waals surface area (Å²) in [5, 5.41) is 4.81. The lowest BCUT2D eigenvalue weighted by Crippen LogP contribution is -2.51. The Hall–Kier alpha value is -2.32. The molecule has 1 N–H and O–H groups in total. The molecule has 8 heteroatoms. The van der Waals surface area contributed by atoms with Gasteiger partial charge in [-0.2, -0.15) is 0 Å². The molecule has 28 heavy (non-hydrogen) atoms. The molecule has 3 saturated heterocycles. The van der Waals surface area contributed by atoms with Crippen LogP contribution in [0.2, 0.25) is 0 Å². The normalized spacial score (nSPS) is 24.6. The van der Waals surface area contributed by atoms with E-state index in [1.165, 1.54) is 23.5 Å². The third-order valence-electron chi connectivity index (χ3n) is 5.51. The number of rotatable bonds is 4. The molecule has 5 rings (SSSR count). The standard InChI is InChI=1S/C20H22FN3O3S/c1-12(16-11-28-19(22-16)14-2-4-15(21)5-3-14)18(25)23-20(26)27-17-10-13-6-8-24(17)9-7-13/h2-5,11-13,17H,6-10H2,1H3,(H,23,25,26)/t12?,17-/m0/s1. The molecule has 2 amide bonds. The van der Waals surface area contributed by atoms with E-state index in [4.69, 9.17) is 4.74 Å². The molecule has 1 aromatic heterocycles. The number of hydrogen-bond acceptors (Lipinski definition) is 6. The van der Waals surface area contributed by atoms with Crippen LogP contribution in [0.4, 0.5) is 9.18 Å². The fraction of sp³-hybridized carbons (Fsp3) is 0.450. The van der Waals surface area contributed by atoms with Crippen molar-refractivity contribution in [2.24, 2.45) is 5.92 Å². The first kappa shape index (κ1) is 19.0. The Kier molecular flexibility index (Phi) is 5.41. The lowest BCUT2D eigenvalue weighted by atomic mass is 9.87. The highest BCUT2D eigenvalue weighted by Gasteiger charge is 2.36. The first-order valence-corrected chi connectivity index (χ1v) is 10.3. The van der Waals surface area contributed by atoms with Crippen molar-refractivity contribution in [2.75, 3.05) is 13.1 Å². The van der Waals surface area contributed by atoms with Gasteiger partial charge in [-0.25, -0.2) is 14.2 Å². The topological polar surface area (TPSA) is 71.5 Å². The number of halogens is 1. The molecule has 2 atom stereocenters. The number of hydrogen-bond donors (Lipinski definition) is 1. The fourth-order valence-electron chi connectivity index (χ4n) is 3.74. The number of nitrogens with zero attached hydrogens (tertiary/aromatic N) is 2. The molecule has 0 aliphatic carbocycles. The second-order valence-corrected chi connectivity index (χ2v) is 8.23. The quantitative estimate of drug-likeness (QED) is 0.842. The van der Waals surface area contributed by atoms with E-state index in [9.17, 15) is 14.0 Å². The summed E-state index contributed by atoms with van der Waals surface area (Å²) in [7, 11) is 0. The Labute approximate surface area is 166 Å². The zero-order chi connectivity index (χ0) is 19.7. The zero-order valence-electron chi connectivity index (χ0n) is 15.6. The van der Waals surface area contributed by atoms with Crippen LogP contribution >= 0.6 is 11.3 Å². The predicted molar refractivity (Wildman–Crippen MR) is 103 cm³/mol. The van der Waals surface area contributed by atoms with E-state index in [2.05, 4.69) is 15.2 Å². The van der Waals surface area contributed by atoms with Crippen molar-refractivity contribution in [1.29, 1.82) is 0 Å². The maximum absolute atomic E-state index is 13.1. The molecule has 1 aromatic carbocycles. The van der Waals surface area contributed by atoms with Crippen LogP contribution in [0.25, 0.3) is 10.6 Å². The van der Waals surface area contributed by atoms with Gasteiger partial charge in [0.25, 0.3) is 0 Å². The van der Waals surface area contributed by atoms with Crippen LogP contribution in [0.15, 0.2) is 29.6 Å². The average Bonchev–Trinajstić information content (AvgIpc) is 3.19. The van der Waals surface area contributed by atoms with Gasteiger partial charge in [0, 0.05) is 30.5 Å². The number of fused-ring (bicyclic) bond motifs is 3. The van der Waals surface area contributed by atoms with Crippen LogP contribution < -0.4 is 5.32 Å². The van der Waals surface area contributed by atoms with E-state index in [1.807, 2.05) is 0 Å². The van der Waals surface area contributed by atoms with Gasteiger partial charge in [-0.15, -0.1) is 11.3 Å². The highest BCUT2D eigenvalue weighted by molar-refractivity contribution is 7.13. The van der Waals surface area contributed by atoms with Gasteiger partial charge in [-0.1, -0.05) is 0 Å². The van der Waals surface area contributed by atoms with Gasteiger partial charge in [-0.05, 0) is 49.9 Å². The molecular formula is C20H22FN3O3S. The second kappa shape index (κ2) is 7.97. The average molecular weight is 403 g/mol. The lowest BCUT2D eigenvalue weighted by molar-refractivity contribution is -0.123. The number of nitrogens with one attached hydrogen (secondary N) is 1. The number of piperidine rings is 3. The molecule has 2 bridgehead atoms. The molecule has 6 nitrogen and oxygen atoms in total. The smallest absolute Gasteiger partial charge is 0.415 e. The van der Waals surface area contributed by atoms with E-state index in [0.29, 0.717) is 16.6 Å². The molecule has 3 aliphatic heterocycles.